The van der Waals surface area contributed by atoms with Gasteiger partial charge in [0.25, 0.3) is 5.91 Å². The van der Waals surface area contributed by atoms with Crippen LogP contribution in [0.1, 0.15) is 43.0 Å². The highest BCUT2D eigenvalue weighted by Crippen LogP contribution is 2.43. The van der Waals surface area contributed by atoms with Crippen molar-refractivity contribution in [3.05, 3.63) is 29.0 Å². The van der Waals surface area contributed by atoms with Gasteiger partial charge in [-0.15, -0.1) is 0 Å². The summed E-state index contributed by atoms with van der Waals surface area (Å²) in [6.45, 7) is 2.96. The average molecular weight is 253 g/mol. The number of amides is 1. The number of carbonyl (C=O) groups excluding carboxylic acids is 1. The minimum atomic E-state index is -0.0612. The van der Waals surface area contributed by atoms with Crippen molar-refractivity contribution < 1.29 is 4.79 Å². The summed E-state index contributed by atoms with van der Waals surface area (Å²) in [4.78, 5) is 15.8. The summed E-state index contributed by atoms with van der Waals surface area (Å²) in [5.74, 6) is -0.0612. The fraction of sp³-hybridized carbons (Fsp3) is 0.538. The molecule has 1 aromatic heterocycles. The number of rotatable bonds is 4. The van der Waals surface area contributed by atoms with Crippen molar-refractivity contribution in [1.82, 2.24) is 10.3 Å². The maximum absolute atomic E-state index is 11.9. The van der Waals surface area contributed by atoms with Gasteiger partial charge in [-0.1, -0.05) is 24.9 Å². The molecule has 1 aliphatic rings. The first-order valence-corrected chi connectivity index (χ1v) is 6.43. The van der Waals surface area contributed by atoms with Crippen LogP contribution in [0.2, 0.25) is 5.15 Å². The van der Waals surface area contributed by atoms with E-state index in [1.807, 2.05) is 0 Å². The highest BCUT2D eigenvalue weighted by Gasteiger charge is 2.35. The molecule has 1 aromatic rings. The molecule has 0 radical (unpaired) electrons. The molecular formula is C13H17ClN2O. The van der Waals surface area contributed by atoms with Crippen molar-refractivity contribution in [3.8, 4) is 0 Å². The molecule has 17 heavy (non-hydrogen) atoms. The normalized spacial score (nSPS) is 17.3. The van der Waals surface area contributed by atoms with Crippen molar-refractivity contribution in [1.29, 1.82) is 0 Å². The van der Waals surface area contributed by atoms with E-state index in [1.54, 1.807) is 12.1 Å². The van der Waals surface area contributed by atoms with Gasteiger partial charge in [-0.3, -0.25) is 4.79 Å². The van der Waals surface area contributed by atoms with E-state index in [0.29, 0.717) is 16.1 Å². The molecule has 3 nitrogen and oxygen atoms in total. The standard InChI is InChI=1S/C13H17ClN2O/c1-2-13(6-3-7-13)9-16-12(17)10-4-5-11(14)15-8-10/h4-5,8H,2-3,6-7,9H2,1H3,(H,16,17). The molecule has 0 bridgehead atoms. The number of hydrogen-bond acceptors (Lipinski definition) is 2. The largest absolute Gasteiger partial charge is 0.351 e. The zero-order valence-corrected chi connectivity index (χ0v) is 10.8. The molecule has 0 aromatic carbocycles. The average Bonchev–Trinajstić information content (AvgIpc) is 2.29. The number of nitrogens with one attached hydrogen (secondary N) is 1. The predicted molar refractivity (Wildman–Crippen MR) is 68.2 cm³/mol. The van der Waals surface area contributed by atoms with Crippen LogP contribution < -0.4 is 5.32 Å². The van der Waals surface area contributed by atoms with E-state index >= 15 is 0 Å². The van der Waals surface area contributed by atoms with Gasteiger partial charge >= 0.3 is 0 Å². The lowest BCUT2D eigenvalue weighted by molar-refractivity contribution is 0.0850. The topological polar surface area (TPSA) is 42.0 Å². The first-order chi connectivity index (χ1) is 8.15. The second-order valence-corrected chi connectivity index (χ2v) is 5.15. The number of pyridine rings is 1. The minimum absolute atomic E-state index is 0.0612. The zero-order chi connectivity index (χ0) is 12.3. The summed E-state index contributed by atoms with van der Waals surface area (Å²) >= 11 is 5.68. The molecule has 1 N–H and O–H groups in total. The van der Waals surface area contributed by atoms with Gasteiger partial charge in [0.1, 0.15) is 5.15 Å². The number of hydrogen-bond donors (Lipinski definition) is 1. The van der Waals surface area contributed by atoms with E-state index in [4.69, 9.17) is 11.6 Å². The molecule has 1 fully saturated rings. The van der Waals surface area contributed by atoms with Crippen LogP contribution in [0.5, 0.6) is 0 Å². The van der Waals surface area contributed by atoms with E-state index in [0.717, 1.165) is 13.0 Å². The maximum atomic E-state index is 11.9. The molecule has 1 amide bonds. The van der Waals surface area contributed by atoms with Crippen molar-refractivity contribution in [3.63, 3.8) is 0 Å². The Morgan fingerprint density at radius 1 is 1.53 bits per heavy atom. The van der Waals surface area contributed by atoms with E-state index in [1.165, 1.54) is 25.5 Å². The predicted octanol–water partition coefficient (Wildman–Crippen LogP) is 3.05. The SMILES string of the molecule is CCC1(CNC(=O)c2ccc(Cl)nc2)CCC1. The van der Waals surface area contributed by atoms with Crippen LogP contribution in [0.3, 0.4) is 0 Å². The maximum Gasteiger partial charge on any atom is 0.252 e. The monoisotopic (exact) mass is 252 g/mol. The van der Waals surface area contributed by atoms with Crippen molar-refractivity contribution in [2.45, 2.75) is 32.6 Å². The third-order valence-electron chi connectivity index (χ3n) is 3.78. The Hall–Kier alpha value is -1.09. The Balaban J connectivity index is 1.91. The summed E-state index contributed by atoms with van der Waals surface area (Å²) in [6.07, 6.45) is 6.38. The quantitative estimate of drug-likeness (QED) is 0.837. The molecule has 1 heterocycles. The third kappa shape index (κ3) is 2.78. The molecular weight excluding hydrogens is 236 g/mol. The Morgan fingerprint density at radius 2 is 2.29 bits per heavy atom. The lowest BCUT2D eigenvalue weighted by Crippen LogP contribution is -2.41. The van der Waals surface area contributed by atoms with Gasteiger partial charge < -0.3 is 5.32 Å². The van der Waals surface area contributed by atoms with Gasteiger partial charge in [-0.05, 0) is 36.8 Å². The molecule has 2 rings (SSSR count). The number of carbonyl (C=O) groups is 1. The summed E-state index contributed by atoms with van der Waals surface area (Å²) in [5.41, 5.74) is 0.912. The second-order valence-electron chi connectivity index (χ2n) is 4.76. The van der Waals surface area contributed by atoms with Crippen molar-refractivity contribution >= 4 is 17.5 Å². The highest BCUT2D eigenvalue weighted by molar-refractivity contribution is 6.29. The third-order valence-corrected chi connectivity index (χ3v) is 4.00. The lowest BCUT2D eigenvalue weighted by atomic mass is 9.67. The highest BCUT2D eigenvalue weighted by atomic mass is 35.5. The van der Waals surface area contributed by atoms with Gasteiger partial charge in [-0.2, -0.15) is 0 Å². The van der Waals surface area contributed by atoms with E-state index in [9.17, 15) is 4.79 Å². The van der Waals surface area contributed by atoms with Gasteiger partial charge in [0.15, 0.2) is 0 Å². The summed E-state index contributed by atoms with van der Waals surface area (Å²) in [7, 11) is 0. The van der Waals surface area contributed by atoms with Gasteiger partial charge in [0, 0.05) is 12.7 Å². The number of aromatic nitrogens is 1. The van der Waals surface area contributed by atoms with Crippen LogP contribution in [0.4, 0.5) is 0 Å². The van der Waals surface area contributed by atoms with Gasteiger partial charge in [0.05, 0.1) is 5.56 Å². The molecule has 1 saturated carbocycles. The van der Waals surface area contributed by atoms with Crippen LogP contribution in [-0.4, -0.2) is 17.4 Å². The fourth-order valence-corrected chi connectivity index (χ4v) is 2.32. The van der Waals surface area contributed by atoms with Crippen molar-refractivity contribution in [2.24, 2.45) is 5.41 Å². The Morgan fingerprint density at radius 3 is 2.76 bits per heavy atom. The summed E-state index contributed by atoms with van der Waals surface area (Å²) in [5, 5.41) is 3.40. The van der Waals surface area contributed by atoms with Crippen molar-refractivity contribution in [2.75, 3.05) is 6.54 Å². The minimum Gasteiger partial charge on any atom is -0.351 e. The second kappa shape index (κ2) is 5.05. The van der Waals surface area contributed by atoms with E-state index < -0.39 is 0 Å². The van der Waals surface area contributed by atoms with Crippen LogP contribution >= 0.6 is 11.6 Å². The molecule has 0 saturated heterocycles. The molecule has 0 spiro atoms. The van der Waals surface area contributed by atoms with Crippen LogP contribution in [0.15, 0.2) is 18.3 Å². The Labute approximate surface area is 107 Å². The fourth-order valence-electron chi connectivity index (χ4n) is 2.21. The zero-order valence-electron chi connectivity index (χ0n) is 10.0. The van der Waals surface area contributed by atoms with E-state index in [-0.39, 0.29) is 5.91 Å². The first kappa shape index (κ1) is 12.4. The molecule has 1 aliphatic carbocycles. The molecule has 0 aliphatic heterocycles. The van der Waals surface area contributed by atoms with Gasteiger partial charge in [0.2, 0.25) is 0 Å². The smallest absolute Gasteiger partial charge is 0.252 e. The lowest BCUT2D eigenvalue weighted by Gasteiger charge is -2.41. The first-order valence-electron chi connectivity index (χ1n) is 6.05. The number of halogens is 1. The van der Waals surface area contributed by atoms with Crippen LogP contribution in [0, 0.1) is 5.41 Å². The number of nitrogens with zero attached hydrogens (tertiary/aromatic N) is 1. The van der Waals surface area contributed by atoms with Crippen LogP contribution in [-0.2, 0) is 0 Å². The molecule has 92 valence electrons. The summed E-state index contributed by atoms with van der Waals surface area (Å²) < 4.78 is 0. The van der Waals surface area contributed by atoms with Crippen LogP contribution in [0.25, 0.3) is 0 Å². The summed E-state index contributed by atoms with van der Waals surface area (Å²) in [6, 6.07) is 3.33. The van der Waals surface area contributed by atoms with Gasteiger partial charge in [-0.25, -0.2) is 4.98 Å². The molecule has 4 heteroatoms. The van der Waals surface area contributed by atoms with E-state index in [2.05, 4.69) is 17.2 Å². The molecule has 0 atom stereocenters. The molecule has 0 unspecified atom stereocenters. The Kier molecular flexibility index (Phi) is 3.67. The Bertz CT molecular complexity index is 393.